The number of amides is 1. The van der Waals surface area contributed by atoms with Gasteiger partial charge in [-0.05, 0) is 48.0 Å². The van der Waals surface area contributed by atoms with Crippen molar-refractivity contribution in [3.8, 4) is 0 Å². The van der Waals surface area contributed by atoms with Crippen molar-refractivity contribution in [3.05, 3.63) is 6.92 Å². The van der Waals surface area contributed by atoms with Gasteiger partial charge in [0.1, 0.15) is 0 Å². The first-order valence-electron chi connectivity index (χ1n) is 5.73. The van der Waals surface area contributed by atoms with E-state index in [1.165, 1.54) is 0 Å². The van der Waals surface area contributed by atoms with Crippen molar-refractivity contribution in [1.29, 1.82) is 0 Å². The summed E-state index contributed by atoms with van der Waals surface area (Å²) < 4.78 is 0. The molecule has 1 amide bonds. The van der Waals surface area contributed by atoms with Gasteiger partial charge < -0.3 is 4.90 Å². The molecule has 2 nitrogen and oxygen atoms in total. The van der Waals surface area contributed by atoms with Gasteiger partial charge in [0, 0.05) is 17.5 Å². The van der Waals surface area contributed by atoms with Crippen LogP contribution in [0.5, 0.6) is 0 Å². The molecule has 0 bridgehead atoms. The van der Waals surface area contributed by atoms with E-state index in [1.54, 1.807) is 0 Å². The second-order valence-electron chi connectivity index (χ2n) is 6.03. The predicted octanol–water partition coefficient (Wildman–Crippen LogP) is 3.42. The lowest BCUT2D eigenvalue weighted by atomic mass is 9.95. The van der Waals surface area contributed by atoms with Gasteiger partial charge in [-0.3, -0.25) is 4.79 Å². The van der Waals surface area contributed by atoms with Crippen molar-refractivity contribution >= 4 is 5.91 Å². The Balaban J connectivity index is 4.74. The molecule has 15 heavy (non-hydrogen) atoms. The summed E-state index contributed by atoms with van der Waals surface area (Å²) in [5, 5.41) is 0. The number of nitrogens with zero attached hydrogens (tertiary/aromatic N) is 1. The molecule has 2 heteroatoms. The maximum Gasteiger partial charge on any atom is 0.223 e. The van der Waals surface area contributed by atoms with Gasteiger partial charge in [0.2, 0.25) is 5.91 Å². The number of carbonyl (C=O) groups excluding carboxylic acids is 1. The average molecular weight is 212 g/mol. The number of carbonyl (C=O) groups is 1. The predicted molar refractivity (Wildman–Crippen MR) is 65.6 cm³/mol. The number of hydrogen-bond acceptors (Lipinski definition) is 1. The van der Waals surface area contributed by atoms with Crippen LogP contribution in [-0.2, 0) is 4.79 Å². The molecule has 0 aromatic carbocycles. The van der Waals surface area contributed by atoms with Gasteiger partial charge in [0.25, 0.3) is 0 Å². The van der Waals surface area contributed by atoms with E-state index >= 15 is 0 Å². The molecular formula is C13H26NO. The highest BCUT2D eigenvalue weighted by Crippen LogP contribution is 2.26. The third kappa shape index (κ3) is 4.67. The van der Waals surface area contributed by atoms with Crippen LogP contribution in [0.3, 0.4) is 0 Å². The molecule has 0 fully saturated rings. The second kappa shape index (κ2) is 5.00. The maximum atomic E-state index is 12.1. The highest BCUT2D eigenvalue weighted by Gasteiger charge is 2.34. The highest BCUT2D eigenvalue weighted by molar-refractivity contribution is 5.77. The van der Waals surface area contributed by atoms with Crippen molar-refractivity contribution in [2.75, 3.05) is 0 Å². The van der Waals surface area contributed by atoms with Gasteiger partial charge in [-0.25, -0.2) is 0 Å². The zero-order valence-corrected chi connectivity index (χ0v) is 11.2. The lowest BCUT2D eigenvalue weighted by molar-refractivity contribution is -0.142. The summed E-state index contributed by atoms with van der Waals surface area (Å²) in [4.78, 5) is 14.1. The monoisotopic (exact) mass is 212 g/mol. The zero-order valence-electron chi connectivity index (χ0n) is 11.2. The summed E-state index contributed by atoms with van der Waals surface area (Å²) in [6.07, 6.45) is 2.31. The molecule has 1 radical (unpaired) electrons. The van der Waals surface area contributed by atoms with Crippen molar-refractivity contribution in [3.63, 3.8) is 0 Å². The fraction of sp³-hybridized carbons (Fsp3) is 0.846. The van der Waals surface area contributed by atoms with Crippen LogP contribution in [0.25, 0.3) is 0 Å². The number of unbranched alkanes of at least 4 members (excludes halogenated alkanes) is 1. The van der Waals surface area contributed by atoms with Gasteiger partial charge in [0.05, 0.1) is 0 Å². The Morgan fingerprint density at radius 2 is 1.47 bits per heavy atom. The van der Waals surface area contributed by atoms with Crippen LogP contribution in [0.1, 0.15) is 60.8 Å². The Bertz CT molecular complexity index is 194. The quantitative estimate of drug-likeness (QED) is 0.702. The van der Waals surface area contributed by atoms with Gasteiger partial charge in [0.15, 0.2) is 0 Å². The van der Waals surface area contributed by atoms with Crippen LogP contribution in [0, 0.1) is 6.92 Å². The summed E-state index contributed by atoms with van der Waals surface area (Å²) in [5.41, 5.74) is -0.229. The Hall–Kier alpha value is -0.530. The minimum atomic E-state index is -0.115. The summed E-state index contributed by atoms with van der Waals surface area (Å²) in [5.74, 6) is 0.235. The van der Waals surface area contributed by atoms with Crippen LogP contribution in [0.15, 0.2) is 0 Å². The van der Waals surface area contributed by atoms with E-state index < -0.39 is 0 Å². The molecule has 89 valence electrons. The lowest BCUT2D eigenvalue weighted by Crippen LogP contribution is -2.55. The van der Waals surface area contributed by atoms with E-state index in [1.807, 2.05) is 4.90 Å². The minimum Gasteiger partial charge on any atom is -0.333 e. The van der Waals surface area contributed by atoms with Crippen LogP contribution in [0.4, 0.5) is 0 Å². The summed E-state index contributed by atoms with van der Waals surface area (Å²) in [7, 11) is 0. The molecule has 0 aliphatic carbocycles. The minimum absolute atomic E-state index is 0.115. The Kier molecular flexibility index (Phi) is 4.82. The molecule has 0 rings (SSSR count). The van der Waals surface area contributed by atoms with Gasteiger partial charge in [-0.1, -0.05) is 13.3 Å². The smallest absolute Gasteiger partial charge is 0.223 e. The molecule has 0 unspecified atom stereocenters. The summed E-state index contributed by atoms with van der Waals surface area (Å²) in [6, 6.07) is 0. The SMILES string of the molecule is [CH2]CCCC(=O)N(C(C)(C)C)C(C)(C)C. The standard InChI is InChI=1S/C13H26NO/c1-8-9-10-11(15)14(12(2,3)4)13(5,6)7/h1,8-10H2,2-7H3. The van der Waals surface area contributed by atoms with Crippen LogP contribution in [0.2, 0.25) is 0 Å². The topological polar surface area (TPSA) is 20.3 Å². The maximum absolute atomic E-state index is 12.1. The van der Waals surface area contributed by atoms with Gasteiger partial charge >= 0.3 is 0 Å². The average Bonchev–Trinajstić information content (AvgIpc) is 1.94. The van der Waals surface area contributed by atoms with Crippen LogP contribution in [-0.4, -0.2) is 21.9 Å². The first-order valence-corrected chi connectivity index (χ1v) is 5.73. The normalized spacial score (nSPS) is 12.7. The van der Waals surface area contributed by atoms with Gasteiger partial charge in [-0.2, -0.15) is 0 Å². The Morgan fingerprint density at radius 1 is 1.07 bits per heavy atom. The summed E-state index contributed by atoms with van der Waals surface area (Å²) >= 11 is 0. The van der Waals surface area contributed by atoms with Crippen LogP contribution >= 0.6 is 0 Å². The van der Waals surface area contributed by atoms with E-state index in [9.17, 15) is 4.79 Å². The molecule has 0 heterocycles. The molecule has 0 aromatic rings. The van der Waals surface area contributed by atoms with E-state index in [4.69, 9.17) is 0 Å². The largest absolute Gasteiger partial charge is 0.333 e. The Morgan fingerprint density at radius 3 is 1.73 bits per heavy atom. The molecule has 0 saturated heterocycles. The molecule has 0 N–H and O–H groups in total. The molecule has 0 aliphatic heterocycles. The summed E-state index contributed by atoms with van der Waals surface area (Å²) in [6.45, 7) is 16.3. The van der Waals surface area contributed by atoms with Crippen molar-refractivity contribution in [1.82, 2.24) is 4.90 Å². The fourth-order valence-corrected chi connectivity index (χ4v) is 2.14. The van der Waals surface area contributed by atoms with E-state index in [0.29, 0.717) is 6.42 Å². The third-order valence-electron chi connectivity index (χ3n) is 2.23. The third-order valence-corrected chi connectivity index (χ3v) is 2.23. The van der Waals surface area contributed by atoms with Crippen molar-refractivity contribution in [2.24, 2.45) is 0 Å². The van der Waals surface area contributed by atoms with Crippen LogP contribution < -0.4 is 0 Å². The van der Waals surface area contributed by atoms with Gasteiger partial charge in [-0.15, -0.1) is 0 Å². The first kappa shape index (κ1) is 14.5. The van der Waals surface area contributed by atoms with E-state index in [0.717, 1.165) is 12.8 Å². The fourth-order valence-electron chi connectivity index (χ4n) is 2.14. The molecule has 0 atom stereocenters. The Labute approximate surface area is 95.0 Å². The van der Waals surface area contributed by atoms with E-state index in [-0.39, 0.29) is 17.0 Å². The molecule has 0 spiro atoms. The van der Waals surface area contributed by atoms with E-state index in [2.05, 4.69) is 48.5 Å². The lowest BCUT2D eigenvalue weighted by Gasteiger charge is -2.45. The molecule has 0 aliphatic rings. The highest BCUT2D eigenvalue weighted by atomic mass is 16.2. The molecule has 0 aromatic heterocycles. The zero-order chi connectivity index (χ0) is 12.3. The first-order chi connectivity index (χ1) is 6.60. The number of rotatable bonds is 3. The molecule has 0 saturated carbocycles. The van der Waals surface area contributed by atoms with Crippen molar-refractivity contribution in [2.45, 2.75) is 71.9 Å². The molecular weight excluding hydrogens is 186 g/mol. The second-order valence-corrected chi connectivity index (χ2v) is 6.03. The number of hydrogen-bond donors (Lipinski definition) is 0. The van der Waals surface area contributed by atoms with Crippen molar-refractivity contribution < 1.29 is 4.79 Å².